The molecule has 3 fully saturated rings. The first-order valence-electron chi connectivity index (χ1n) is 16.5. The fraction of sp³-hybridized carbons (Fsp3) is 0.486. The second-order valence-electron chi connectivity index (χ2n) is 13.8. The molecule has 0 bridgehead atoms. The van der Waals surface area contributed by atoms with Gasteiger partial charge in [-0.3, -0.25) is 14.3 Å². The molecule has 242 valence electrons. The van der Waals surface area contributed by atoms with Gasteiger partial charge in [-0.1, -0.05) is 37.5 Å². The third kappa shape index (κ3) is 5.94. The summed E-state index contributed by atoms with van der Waals surface area (Å²) in [6.07, 6.45) is 9.88. The summed E-state index contributed by atoms with van der Waals surface area (Å²) in [6, 6.07) is 13.4. The average Bonchev–Trinajstić information content (AvgIpc) is 3.49. The quantitative estimate of drug-likeness (QED) is 0.276. The number of carbonyl (C=O) groups excluding carboxylic acids is 3. The van der Waals surface area contributed by atoms with Crippen molar-refractivity contribution >= 4 is 29.2 Å². The maximum absolute atomic E-state index is 14.6. The summed E-state index contributed by atoms with van der Waals surface area (Å²) in [4.78, 5) is 42.3. The van der Waals surface area contributed by atoms with Crippen LogP contribution < -0.4 is 21.3 Å². The minimum Gasteiger partial charge on any atom is -0.380 e. The number of hydrogen-bond acceptors (Lipinski definition) is 5. The first kappa shape index (κ1) is 30.3. The van der Waals surface area contributed by atoms with Crippen LogP contribution in [-0.4, -0.2) is 63.7 Å². The van der Waals surface area contributed by atoms with Crippen molar-refractivity contribution in [3.63, 3.8) is 0 Å². The van der Waals surface area contributed by atoms with E-state index in [9.17, 15) is 18.8 Å². The van der Waals surface area contributed by atoms with Crippen LogP contribution in [0.2, 0.25) is 0 Å². The lowest BCUT2D eigenvalue weighted by atomic mass is 9.83. The zero-order chi connectivity index (χ0) is 31.9. The van der Waals surface area contributed by atoms with Gasteiger partial charge in [0, 0.05) is 44.0 Å². The summed E-state index contributed by atoms with van der Waals surface area (Å²) < 4.78 is 16.1. The van der Waals surface area contributed by atoms with Crippen LogP contribution in [0, 0.1) is 17.2 Å². The fourth-order valence-corrected chi connectivity index (χ4v) is 7.70. The number of para-hydroxylation sites is 1. The summed E-state index contributed by atoms with van der Waals surface area (Å²) in [5, 5.41) is 16.7. The molecule has 2 saturated carbocycles. The Morgan fingerprint density at radius 2 is 1.85 bits per heavy atom. The lowest BCUT2D eigenvalue weighted by molar-refractivity contribution is -0.119. The van der Waals surface area contributed by atoms with E-state index in [1.165, 1.54) is 10.7 Å². The fourth-order valence-electron chi connectivity index (χ4n) is 7.70. The summed E-state index contributed by atoms with van der Waals surface area (Å²) in [7, 11) is 1.71. The molecule has 4 aliphatic rings. The normalized spacial score (nSPS) is 22.6. The average molecular weight is 628 g/mol. The van der Waals surface area contributed by atoms with Crippen molar-refractivity contribution in [1.82, 2.24) is 25.3 Å². The number of rotatable bonds is 9. The molecular formula is C35H42FN7O3. The number of nitrogens with zero attached hydrogens (tertiary/aromatic N) is 3. The number of halogens is 1. The van der Waals surface area contributed by atoms with E-state index >= 15 is 0 Å². The van der Waals surface area contributed by atoms with Crippen LogP contribution in [0.5, 0.6) is 0 Å². The van der Waals surface area contributed by atoms with Crippen molar-refractivity contribution in [2.45, 2.75) is 69.4 Å². The molecule has 1 spiro atoms. The van der Waals surface area contributed by atoms with E-state index in [2.05, 4.69) is 26.4 Å². The number of aryl methyl sites for hydroxylation is 1. The van der Waals surface area contributed by atoms with Gasteiger partial charge in [0.15, 0.2) is 0 Å². The number of nitrogens with one attached hydrogen (secondary N) is 4. The summed E-state index contributed by atoms with van der Waals surface area (Å²) in [5.74, 6) is -0.841. The molecular weight excluding hydrogens is 585 g/mol. The Kier molecular flexibility index (Phi) is 7.94. The third-order valence-electron chi connectivity index (χ3n) is 10.6. The summed E-state index contributed by atoms with van der Waals surface area (Å²) >= 11 is 0. The van der Waals surface area contributed by atoms with Crippen LogP contribution in [0.4, 0.5) is 20.6 Å². The SMILES string of the molecule is Cn1nccc1C(=O)N[C@H](C(=O)Nc1ccc2c(c1)CC(CNc1ccccc1F)(N1CC3(CC3)CNC1=O)C2)C1CCCCC1. The molecule has 10 nitrogen and oxygen atoms in total. The van der Waals surface area contributed by atoms with Crippen molar-refractivity contribution in [2.24, 2.45) is 18.4 Å². The molecule has 2 aromatic carbocycles. The molecule has 3 aromatic rings. The molecule has 1 aromatic heterocycles. The molecule has 1 aliphatic heterocycles. The zero-order valence-corrected chi connectivity index (χ0v) is 26.3. The molecule has 3 aliphatic carbocycles. The van der Waals surface area contributed by atoms with Gasteiger partial charge < -0.3 is 26.2 Å². The predicted octanol–water partition coefficient (Wildman–Crippen LogP) is 4.63. The topological polar surface area (TPSA) is 120 Å². The van der Waals surface area contributed by atoms with Crippen LogP contribution in [0.1, 0.15) is 66.6 Å². The molecule has 1 saturated heterocycles. The number of benzene rings is 2. The Hall–Kier alpha value is -4.41. The molecule has 11 heteroatoms. The second-order valence-corrected chi connectivity index (χ2v) is 13.8. The zero-order valence-electron chi connectivity index (χ0n) is 26.3. The molecule has 2 atom stereocenters. The smallest absolute Gasteiger partial charge is 0.317 e. The van der Waals surface area contributed by atoms with Gasteiger partial charge in [-0.15, -0.1) is 0 Å². The van der Waals surface area contributed by atoms with Gasteiger partial charge in [0.1, 0.15) is 17.6 Å². The van der Waals surface area contributed by atoms with Crippen LogP contribution >= 0.6 is 0 Å². The molecule has 2 heterocycles. The number of urea groups is 1. The van der Waals surface area contributed by atoms with Gasteiger partial charge in [-0.25, -0.2) is 9.18 Å². The lowest BCUT2D eigenvalue weighted by Crippen LogP contribution is -2.64. The summed E-state index contributed by atoms with van der Waals surface area (Å²) in [5.41, 5.74) is 3.12. The largest absolute Gasteiger partial charge is 0.380 e. The molecule has 46 heavy (non-hydrogen) atoms. The monoisotopic (exact) mass is 627 g/mol. The molecule has 7 rings (SSSR count). The Morgan fingerprint density at radius 3 is 2.59 bits per heavy atom. The van der Waals surface area contributed by atoms with Crippen molar-refractivity contribution in [3.8, 4) is 0 Å². The molecule has 1 unspecified atom stereocenters. The van der Waals surface area contributed by atoms with Crippen molar-refractivity contribution in [1.29, 1.82) is 0 Å². The van der Waals surface area contributed by atoms with Crippen molar-refractivity contribution in [3.05, 3.63) is 77.4 Å². The van der Waals surface area contributed by atoms with Gasteiger partial charge in [-0.2, -0.15) is 5.10 Å². The van der Waals surface area contributed by atoms with Gasteiger partial charge >= 0.3 is 6.03 Å². The predicted molar refractivity (Wildman–Crippen MR) is 173 cm³/mol. The molecule has 4 N–H and O–H groups in total. The van der Waals surface area contributed by atoms with E-state index in [0.29, 0.717) is 49.5 Å². The van der Waals surface area contributed by atoms with E-state index in [1.807, 2.05) is 23.1 Å². The van der Waals surface area contributed by atoms with E-state index in [4.69, 9.17) is 0 Å². The van der Waals surface area contributed by atoms with Crippen LogP contribution in [0.15, 0.2) is 54.7 Å². The van der Waals surface area contributed by atoms with E-state index in [1.54, 1.807) is 37.5 Å². The summed E-state index contributed by atoms with van der Waals surface area (Å²) in [6.45, 7) is 1.76. The third-order valence-corrected chi connectivity index (χ3v) is 10.6. The number of hydrogen-bond donors (Lipinski definition) is 4. The van der Waals surface area contributed by atoms with Crippen LogP contribution in [-0.2, 0) is 24.7 Å². The van der Waals surface area contributed by atoms with E-state index in [-0.39, 0.29) is 35.0 Å². The molecule has 4 amide bonds. The number of fused-ring (bicyclic) bond motifs is 1. The maximum Gasteiger partial charge on any atom is 0.317 e. The van der Waals surface area contributed by atoms with Crippen LogP contribution in [0.25, 0.3) is 0 Å². The van der Waals surface area contributed by atoms with Gasteiger partial charge in [0.2, 0.25) is 5.91 Å². The highest BCUT2D eigenvalue weighted by Crippen LogP contribution is 2.49. The first-order chi connectivity index (χ1) is 22.2. The number of aromatic nitrogens is 2. The second kappa shape index (κ2) is 12.1. The van der Waals surface area contributed by atoms with Gasteiger partial charge in [-0.05, 0) is 85.9 Å². The van der Waals surface area contributed by atoms with E-state index in [0.717, 1.165) is 56.1 Å². The first-order valence-corrected chi connectivity index (χ1v) is 16.5. The van der Waals surface area contributed by atoms with Gasteiger partial charge in [0.05, 0.1) is 11.2 Å². The van der Waals surface area contributed by atoms with Crippen LogP contribution in [0.3, 0.4) is 0 Å². The number of carbonyl (C=O) groups is 3. The molecule has 0 radical (unpaired) electrons. The lowest BCUT2D eigenvalue weighted by Gasteiger charge is -2.46. The Labute approximate surface area is 268 Å². The van der Waals surface area contributed by atoms with Crippen molar-refractivity contribution < 1.29 is 18.8 Å². The van der Waals surface area contributed by atoms with Crippen molar-refractivity contribution in [2.75, 3.05) is 30.3 Å². The number of anilines is 2. The highest BCUT2D eigenvalue weighted by molar-refractivity contribution is 6.00. The Morgan fingerprint density at radius 1 is 1.07 bits per heavy atom. The highest BCUT2D eigenvalue weighted by Gasteiger charge is 2.54. The number of amides is 4. The minimum atomic E-state index is -0.674. The Bertz CT molecular complexity index is 1650. The van der Waals surface area contributed by atoms with E-state index < -0.39 is 11.6 Å². The standard InChI is InChI=1S/C35H42FN7O3/c1-42-29(13-16-39-42)31(44)41-30(23-7-3-2-4-8-23)32(45)40-26-12-11-24-18-35(19-25(24)17-26,21-37-28-10-6-5-9-27(28)36)43-22-34(14-15-34)20-38-33(43)46/h5-6,9-13,16-17,23,30,37H,2-4,7-8,14-15,18-22H2,1H3,(H,38,46)(H,40,45)(H,41,44)/t30-,35?/m0/s1. The maximum atomic E-state index is 14.6. The minimum absolute atomic E-state index is 0.0461. The van der Waals surface area contributed by atoms with Gasteiger partial charge in [0.25, 0.3) is 5.91 Å². The highest BCUT2D eigenvalue weighted by atomic mass is 19.1. The Balaban J connectivity index is 1.12.